The van der Waals surface area contributed by atoms with Gasteiger partial charge in [-0.3, -0.25) is 5.43 Å². The SMILES string of the molecule is NC(=S)N/N=C/C(O)C(O)C(O)CO. The minimum absolute atomic E-state index is 0.0920. The maximum Gasteiger partial charge on any atom is 0.184 e. The van der Waals surface area contributed by atoms with Gasteiger partial charge in [0, 0.05) is 0 Å². The number of nitrogens with zero attached hydrogens (tertiary/aromatic N) is 1. The molecule has 0 fully saturated rings. The lowest BCUT2D eigenvalue weighted by atomic mass is 10.1. The van der Waals surface area contributed by atoms with Crippen LogP contribution < -0.4 is 11.2 Å². The van der Waals surface area contributed by atoms with Crippen molar-refractivity contribution in [1.82, 2.24) is 5.43 Å². The quantitative estimate of drug-likeness (QED) is 0.165. The van der Waals surface area contributed by atoms with E-state index in [-0.39, 0.29) is 5.11 Å². The Balaban J connectivity index is 3.99. The first-order chi connectivity index (χ1) is 6.49. The number of nitrogens with two attached hydrogens (primary N) is 1. The Morgan fingerprint density at radius 3 is 2.50 bits per heavy atom. The number of aliphatic hydroxyl groups is 4. The minimum Gasteiger partial charge on any atom is -0.394 e. The first-order valence-corrected chi connectivity index (χ1v) is 4.13. The van der Waals surface area contributed by atoms with E-state index in [0.29, 0.717) is 0 Å². The number of hydrogen-bond donors (Lipinski definition) is 6. The molecule has 14 heavy (non-hydrogen) atoms. The average Bonchev–Trinajstić information content (AvgIpc) is 2.14. The van der Waals surface area contributed by atoms with E-state index >= 15 is 0 Å². The Kier molecular flexibility index (Phi) is 6.25. The summed E-state index contributed by atoms with van der Waals surface area (Å²) in [5, 5.41) is 38.9. The summed E-state index contributed by atoms with van der Waals surface area (Å²) < 4.78 is 0. The van der Waals surface area contributed by atoms with Gasteiger partial charge in [0.05, 0.1) is 12.8 Å². The summed E-state index contributed by atoms with van der Waals surface area (Å²) in [6.45, 7) is -0.658. The molecular weight excluding hydrogens is 210 g/mol. The predicted octanol–water partition coefficient (Wildman–Crippen LogP) is -3.12. The minimum atomic E-state index is -1.52. The molecule has 7 N–H and O–H groups in total. The highest BCUT2D eigenvalue weighted by atomic mass is 32.1. The summed E-state index contributed by atoms with van der Waals surface area (Å²) in [7, 11) is 0. The van der Waals surface area contributed by atoms with Gasteiger partial charge in [0.2, 0.25) is 0 Å². The molecule has 0 aromatic carbocycles. The van der Waals surface area contributed by atoms with Crippen molar-refractivity contribution in [2.45, 2.75) is 18.3 Å². The van der Waals surface area contributed by atoms with Crippen LogP contribution in [-0.4, -0.2) is 56.7 Å². The van der Waals surface area contributed by atoms with E-state index in [2.05, 4.69) is 22.7 Å². The van der Waals surface area contributed by atoms with Crippen LogP contribution in [0.15, 0.2) is 5.10 Å². The second-order valence-corrected chi connectivity index (χ2v) is 2.93. The zero-order chi connectivity index (χ0) is 11.1. The molecule has 0 saturated heterocycles. The van der Waals surface area contributed by atoms with Crippen molar-refractivity contribution >= 4 is 23.5 Å². The van der Waals surface area contributed by atoms with Crippen molar-refractivity contribution in [2.75, 3.05) is 6.61 Å². The lowest BCUT2D eigenvalue weighted by Gasteiger charge is -2.17. The Morgan fingerprint density at radius 2 is 2.07 bits per heavy atom. The van der Waals surface area contributed by atoms with Crippen LogP contribution in [0.5, 0.6) is 0 Å². The molecule has 0 bridgehead atoms. The van der Waals surface area contributed by atoms with Gasteiger partial charge in [-0.25, -0.2) is 0 Å². The number of nitrogens with one attached hydrogen (secondary N) is 1. The van der Waals surface area contributed by atoms with E-state index in [9.17, 15) is 0 Å². The van der Waals surface area contributed by atoms with Crippen molar-refractivity contribution in [2.24, 2.45) is 10.8 Å². The highest BCUT2D eigenvalue weighted by molar-refractivity contribution is 7.80. The molecular formula is C6H13N3O4S. The third-order valence-corrected chi connectivity index (χ3v) is 1.42. The predicted molar refractivity (Wildman–Crippen MR) is 53.5 cm³/mol. The van der Waals surface area contributed by atoms with Gasteiger partial charge < -0.3 is 26.2 Å². The molecule has 0 aliphatic rings. The zero-order valence-electron chi connectivity index (χ0n) is 7.24. The van der Waals surface area contributed by atoms with Gasteiger partial charge in [-0.05, 0) is 12.2 Å². The maximum absolute atomic E-state index is 9.14. The molecule has 0 spiro atoms. The number of hydrogen-bond acceptors (Lipinski definition) is 6. The molecule has 0 saturated carbocycles. The second-order valence-electron chi connectivity index (χ2n) is 2.49. The first kappa shape index (κ1) is 13.2. The van der Waals surface area contributed by atoms with E-state index in [4.69, 9.17) is 26.2 Å². The fourth-order valence-electron chi connectivity index (χ4n) is 0.601. The maximum atomic E-state index is 9.14. The standard InChI is InChI=1S/C6H13N3O4S/c7-6(14)9-8-1-3(11)5(13)4(12)2-10/h1,3-5,10-13H,2H2,(H3,7,9,14)/b8-1+. The summed E-state index contributed by atoms with van der Waals surface area (Å²) in [5.41, 5.74) is 7.17. The summed E-state index contributed by atoms with van der Waals surface area (Å²) in [5.74, 6) is 0. The lowest BCUT2D eigenvalue weighted by Crippen LogP contribution is -2.40. The van der Waals surface area contributed by atoms with Crippen LogP contribution in [0.4, 0.5) is 0 Å². The fraction of sp³-hybridized carbons (Fsp3) is 0.667. The first-order valence-electron chi connectivity index (χ1n) is 3.72. The van der Waals surface area contributed by atoms with Crippen LogP contribution in [0.1, 0.15) is 0 Å². The third-order valence-electron chi connectivity index (χ3n) is 1.33. The van der Waals surface area contributed by atoms with E-state index in [1.165, 1.54) is 0 Å². The molecule has 0 amide bonds. The smallest absolute Gasteiger partial charge is 0.184 e. The van der Waals surface area contributed by atoms with E-state index in [1.54, 1.807) is 0 Å². The molecule has 7 nitrogen and oxygen atoms in total. The summed E-state index contributed by atoms with van der Waals surface area (Å²) in [6.07, 6.45) is -3.46. The van der Waals surface area contributed by atoms with Gasteiger partial charge in [-0.1, -0.05) is 0 Å². The summed E-state index contributed by atoms with van der Waals surface area (Å²) in [4.78, 5) is 0. The monoisotopic (exact) mass is 223 g/mol. The molecule has 3 atom stereocenters. The molecule has 0 rings (SSSR count). The topological polar surface area (TPSA) is 131 Å². The molecule has 82 valence electrons. The molecule has 0 radical (unpaired) electrons. The van der Waals surface area contributed by atoms with Crippen molar-refractivity contribution in [3.8, 4) is 0 Å². The van der Waals surface area contributed by atoms with Gasteiger partial charge >= 0.3 is 0 Å². The van der Waals surface area contributed by atoms with Crippen molar-refractivity contribution in [3.63, 3.8) is 0 Å². The van der Waals surface area contributed by atoms with Gasteiger partial charge in [0.1, 0.15) is 18.3 Å². The van der Waals surface area contributed by atoms with Gasteiger partial charge in [-0.2, -0.15) is 5.10 Å². The van der Waals surface area contributed by atoms with Crippen molar-refractivity contribution in [1.29, 1.82) is 0 Å². The molecule has 3 unspecified atom stereocenters. The van der Waals surface area contributed by atoms with E-state index in [0.717, 1.165) is 6.21 Å². The second kappa shape index (κ2) is 6.62. The molecule has 0 aromatic heterocycles. The van der Waals surface area contributed by atoms with Crippen LogP contribution in [-0.2, 0) is 0 Å². The van der Waals surface area contributed by atoms with E-state index in [1.807, 2.05) is 0 Å². The summed E-state index contributed by atoms with van der Waals surface area (Å²) >= 11 is 4.41. The number of aliphatic hydroxyl groups excluding tert-OH is 4. The third kappa shape index (κ3) is 5.04. The Bertz CT molecular complexity index is 213. The molecule has 0 heterocycles. The highest BCUT2D eigenvalue weighted by Crippen LogP contribution is 1.97. The number of hydrazone groups is 1. The van der Waals surface area contributed by atoms with Gasteiger partial charge in [0.25, 0.3) is 0 Å². The van der Waals surface area contributed by atoms with Crippen molar-refractivity contribution < 1.29 is 20.4 Å². The van der Waals surface area contributed by atoms with Gasteiger partial charge in [0.15, 0.2) is 5.11 Å². The normalized spacial score (nSPS) is 17.7. The van der Waals surface area contributed by atoms with Crippen molar-refractivity contribution in [3.05, 3.63) is 0 Å². The largest absolute Gasteiger partial charge is 0.394 e. The number of rotatable bonds is 5. The van der Waals surface area contributed by atoms with Crippen LogP contribution in [0, 0.1) is 0 Å². The van der Waals surface area contributed by atoms with E-state index < -0.39 is 24.9 Å². The molecule has 0 aromatic rings. The molecule has 0 aliphatic heterocycles. The average molecular weight is 223 g/mol. The zero-order valence-corrected chi connectivity index (χ0v) is 8.05. The highest BCUT2D eigenvalue weighted by Gasteiger charge is 2.22. The Labute approximate surface area is 85.9 Å². The Hall–Kier alpha value is -0.800. The number of thiocarbonyl (C=S) groups is 1. The van der Waals surface area contributed by atoms with Crippen LogP contribution in [0.3, 0.4) is 0 Å². The molecule has 0 aliphatic carbocycles. The van der Waals surface area contributed by atoms with Crippen LogP contribution in [0.2, 0.25) is 0 Å². The van der Waals surface area contributed by atoms with Crippen LogP contribution >= 0.6 is 12.2 Å². The Morgan fingerprint density at radius 1 is 1.50 bits per heavy atom. The fourth-order valence-corrected chi connectivity index (χ4v) is 0.654. The molecule has 8 heteroatoms. The lowest BCUT2D eigenvalue weighted by molar-refractivity contribution is -0.0542. The van der Waals surface area contributed by atoms with Crippen LogP contribution in [0.25, 0.3) is 0 Å². The van der Waals surface area contributed by atoms with Gasteiger partial charge in [-0.15, -0.1) is 0 Å². The summed E-state index contributed by atoms with van der Waals surface area (Å²) in [6, 6.07) is 0.